The lowest BCUT2D eigenvalue weighted by molar-refractivity contribution is -0.121. The van der Waals surface area contributed by atoms with Gasteiger partial charge in [0.05, 0.1) is 6.54 Å². The number of rotatable bonds is 9. The SMILES string of the molecule is CC[C@H](CC(=O)NCc1ccc(C(=O)O)o1)NC(=O)OCC1c2ccccc2-c2ccccc21. The largest absolute Gasteiger partial charge is 0.475 e. The molecule has 3 N–H and O–H groups in total. The molecule has 176 valence electrons. The molecule has 1 atom stereocenters. The van der Waals surface area contributed by atoms with Crippen molar-refractivity contribution < 1.29 is 28.6 Å². The third-order valence-electron chi connectivity index (χ3n) is 5.92. The van der Waals surface area contributed by atoms with Crippen molar-refractivity contribution in [2.24, 2.45) is 0 Å². The highest BCUT2D eigenvalue weighted by atomic mass is 16.5. The van der Waals surface area contributed by atoms with Crippen LogP contribution in [0.5, 0.6) is 0 Å². The zero-order chi connectivity index (χ0) is 24.1. The molecule has 0 spiro atoms. The lowest BCUT2D eigenvalue weighted by Crippen LogP contribution is -2.39. The van der Waals surface area contributed by atoms with Gasteiger partial charge in [0.2, 0.25) is 11.7 Å². The van der Waals surface area contributed by atoms with Crippen LogP contribution in [0.2, 0.25) is 0 Å². The molecule has 0 radical (unpaired) electrons. The second-order valence-electron chi connectivity index (χ2n) is 8.13. The summed E-state index contributed by atoms with van der Waals surface area (Å²) in [6.45, 7) is 2.13. The van der Waals surface area contributed by atoms with E-state index >= 15 is 0 Å². The highest BCUT2D eigenvalue weighted by Gasteiger charge is 2.29. The average molecular weight is 463 g/mol. The Kier molecular flexibility index (Phi) is 6.96. The van der Waals surface area contributed by atoms with Gasteiger partial charge in [0, 0.05) is 18.4 Å². The number of alkyl carbamates (subject to hydrolysis) is 1. The lowest BCUT2D eigenvalue weighted by atomic mass is 9.98. The topological polar surface area (TPSA) is 118 Å². The molecule has 1 aliphatic carbocycles. The van der Waals surface area contributed by atoms with E-state index in [4.69, 9.17) is 14.3 Å². The Morgan fingerprint density at radius 1 is 1.00 bits per heavy atom. The van der Waals surface area contributed by atoms with Crippen molar-refractivity contribution in [3.63, 3.8) is 0 Å². The third kappa shape index (κ3) is 5.11. The van der Waals surface area contributed by atoms with Gasteiger partial charge in [-0.2, -0.15) is 0 Å². The zero-order valence-corrected chi connectivity index (χ0v) is 18.7. The van der Waals surface area contributed by atoms with Gasteiger partial charge in [-0.15, -0.1) is 0 Å². The van der Waals surface area contributed by atoms with Crippen LogP contribution in [0.25, 0.3) is 11.1 Å². The summed E-state index contributed by atoms with van der Waals surface area (Å²) >= 11 is 0. The molecule has 0 saturated carbocycles. The average Bonchev–Trinajstić information content (AvgIpc) is 3.44. The summed E-state index contributed by atoms with van der Waals surface area (Å²) in [5.41, 5.74) is 4.57. The fourth-order valence-electron chi connectivity index (χ4n) is 4.17. The smallest absolute Gasteiger partial charge is 0.407 e. The number of nitrogens with one attached hydrogen (secondary N) is 2. The van der Waals surface area contributed by atoms with Gasteiger partial charge >= 0.3 is 12.1 Å². The maximum absolute atomic E-state index is 12.5. The Morgan fingerprint density at radius 2 is 1.65 bits per heavy atom. The first-order valence-electron chi connectivity index (χ1n) is 11.2. The molecule has 0 aliphatic heterocycles. The van der Waals surface area contributed by atoms with Crippen molar-refractivity contribution in [2.75, 3.05) is 6.61 Å². The summed E-state index contributed by atoms with van der Waals surface area (Å²) in [7, 11) is 0. The van der Waals surface area contributed by atoms with Gasteiger partial charge in [0.25, 0.3) is 0 Å². The van der Waals surface area contributed by atoms with E-state index in [0.29, 0.717) is 12.2 Å². The summed E-state index contributed by atoms with van der Waals surface area (Å²) in [6, 6.07) is 18.6. The molecule has 3 aromatic rings. The van der Waals surface area contributed by atoms with E-state index < -0.39 is 18.1 Å². The quantitative estimate of drug-likeness (QED) is 0.436. The summed E-state index contributed by atoms with van der Waals surface area (Å²) in [6.07, 6.45) is 0.0352. The third-order valence-corrected chi connectivity index (χ3v) is 5.92. The molecule has 0 unspecified atom stereocenters. The van der Waals surface area contributed by atoms with Crippen molar-refractivity contribution in [2.45, 2.75) is 38.3 Å². The number of fused-ring (bicyclic) bond motifs is 3. The van der Waals surface area contributed by atoms with E-state index in [2.05, 4.69) is 34.9 Å². The highest BCUT2D eigenvalue weighted by Crippen LogP contribution is 2.44. The molecule has 2 aromatic carbocycles. The normalized spacial score (nSPS) is 13.0. The van der Waals surface area contributed by atoms with Gasteiger partial charge < -0.3 is 24.9 Å². The van der Waals surface area contributed by atoms with Gasteiger partial charge in [-0.25, -0.2) is 9.59 Å². The molecule has 2 amide bonds. The molecule has 0 fully saturated rings. The van der Waals surface area contributed by atoms with E-state index in [9.17, 15) is 14.4 Å². The number of benzene rings is 2. The fourth-order valence-corrected chi connectivity index (χ4v) is 4.17. The first-order valence-corrected chi connectivity index (χ1v) is 11.2. The van der Waals surface area contributed by atoms with Gasteiger partial charge in [-0.1, -0.05) is 55.5 Å². The predicted molar refractivity (Wildman–Crippen MR) is 124 cm³/mol. The molecule has 1 heterocycles. The minimum absolute atomic E-state index is 0.0366. The number of hydrogen-bond acceptors (Lipinski definition) is 5. The van der Waals surface area contributed by atoms with Gasteiger partial charge in [-0.3, -0.25) is 4.79 Å². The summed E-state index contributed by atoms with van der Waals surface area (Å²) < 4.78 is 10.7. The Hall–Kier alpha value is -4.07. The molecule has 4 rings (SSSR count). The first kappa shape index (κ1) is 23.1. The molecule has 0 saturated heterocycles. The molecule has 8 nitrogen and oxygen atoms in total. The zero-order valence-electron chi connectivity index (χ0n) is 18.7. The fraction of sp³-hybridized carbons (Fsp3) is 0.269. The van der Waals surface area contributed by atoms with Gasteiger partial charge in [0.15, 0.2) is 0 Å². The monoisotopic (exact) mass is 462 g/mol. The first-order chi connectivity index (χ1) is 16.5. The van der Waals surface area contributed by atoms with Gasteiger partial charge in [-0.05, 0) is 40.8 Å². The van der Waals surface area contributed by atoms with Crippen molar-refractivity contribution in [1.29, 1.82) is 0 Å². The number of aromatic carboxylic acids is 1. The number of carboxylic acids is 1. The molecule has 8 heteroatoms. The Bertz CT molecular complexity index is 1160. The van der Waals surface area contributed by atoms with Crippen LogP contribution < -0.4 is 10.6 Å². The van der Waals surface area contributed by atoms with Crippen LogP contribution in [-0.2, 0) is 16.1 Å². The number of carbonyl (C=O) groups is 3. The number of hydrogen-bond donors (Lipinski definition) is 3. The van der Waals surface area contributed by atoms with Gasteiger partial charge in [0.1, 0.15) is 12.4 Å². The number of ether oxygens (including phenoxy) is 1. The van der Waals surface area contributed by atoms with E-state index in [1.807, 2.05) is 31.2 Å². The van der Waals surface area contributed by atoms with E-state index in [1.54, 1.807) is 0 Å². The maximum Gasteiger partial charge on any atom is 0.407 e. The standard InChI is InChI=1S/C26H26N2O6/c1-2-16(13-24(29)27-14-17-11-12-23(34-17)25(30)31)28-26(32)33-15-22-20-9-5-3-7-18(20)19-8-4-6-10-21(19)22/h3-12,16,22H,2,13-15H2,1H3,(H,27,29)(H,28,32)(H,30,31)/t16-/m1/s1. The highest BCUT2D eigenvalue weighted by molar-refractivity contribution is 5.84. The van der Waals surface area contributed by atoms with E-state index in [-0.39, 0.29) is 37.2 Å². The number of carbonyl (C=O) groups excluding carboxylic acids is 2. The Balaban J connectivity index is 1.28. The Labute approximate surface area is 196 Å². The number of amides is 2. The maximum atomic E-state index is 12.5. The molecule has 0 bridgehead atoms. The lowest BCUT2D eigenvalue weighted by Gasteiger charge is -2.18. The molecule has 1 aromatic heterocycles. The van der Waals surface area contributed by atoms with Crippen LogP contribution in [0.15, 0.2) is 65.1 Å². The minimum Gasteiger partial charge on any atom is -0.475 e. The summed E-state index contributed by atoms with van der Waals surface area (Å²) in [5.74, 6) is -1.35. The van der Waals surface area contributed by atoms with Crippen LogP contribution in [0.4, 0.5) is 4.79 Å². The molecule has 1 aliphatic rings. The predicted octanol–water partition coefficient (Wildman–Crippen LogP) is 4.30. The van der Waals surface area contributed by atoms with Crippen LogP contribution in [0.1, 0.15) is 53.1 Å². The second kappa shape index (κ2) is 10.2. The van der Waals surface area contributed by atoms with Crippen molar-refractivity contribution >= 4 is 18.0 Å². The molecule has 34 heavy (non-hydrogen) atoms. The van der Waals surface area contributed by atoms with Crippen LogP contribution in [0, 0.1) is 0 Å². The van der Waals surface area contributed by atoms with Crippen molar-refractivity contribution in [3.05, 3.63) is 83.3 Å². The van der Waals surface area contributed by atoms with E-state index in [1.165, 1.54) is 12.1 Å². The van der Waals surface area contributed by atoms with Crippen LogP contribution in [-0.4, -0.2) is 35.7 Å². The number of carboxylic acid groups (broad SMARTS) is 1. The summed E-state index contributed by atoms with van der Waals surface area (Å²) in [4.78, 5) is 35.6. The van der Waals surface area contributed by atoms with Crippen molar-refractivity contribution in [3.8, 4) is 11.1 Å². The number of furan rings is 1. The minimum atomic E-state index is -1.17. The second-order valence-corrected chi connectivity index (χ2v) is 8.13. The van der Waals surface area contributed by atoms with Crippen LogP contribution >= 0.6 is 0 Å². The van der Waals surface area contributed by atoms with Crippen molar-refractivity contribution in [1.82, 2.24) is 10.6 Å². The molecular formula is C26H26N2O6. The summed E-state index contributed by atoms with van der Waals surface area (Å²) in [5, 5.41) is 14.3. The molecular weight excluding hydrogens is 436 g/mol. The Morgan fingerprint density at radius 3 is 2.24 bits per heavy atom. The van der Waals surface area contributed by atoms with Crippen LogP contribution in [0.3, 0.4) is 0 Å². The van der Waals surface area contributed by atoms with E-state index in [0.717, 1.165) is 22.3 Å².